The van der Waals surface area contributed by atoms with Crippen molar-refractivity contribution in [3.8, 4) is 28.0 Å². The first-order valence-electron chi connectivity index (χ1n) is 12.3. The smallest absolute Gasteiger partial charge is 0.274 e. The number of nitrogens with one attached hydrogen (secondary N) is 1. The Morgan fingerprint density at radius 2 is 1.84 bits per heavy atom. The van der Waals surface area contributed by atoms with E-state index in [1.165, 1.54) is 15.3 Å². The number of aliphatic imine (C=N–C) groups is 1. The molecular weight excluding hydrogens is 482 g/mol. The predicted molar refractivity (Wildman–Crippen MR) is 155 cm³/mol. The van der Waals surface area contributed by atoms with Crippen LogP contribution in [0.3, 0.4) is 0 Å². The number of allylic oxidation sites excluding steroid dienone is 1. The Balaban J connectivity index is 0.00000420. The van der Waals surface area contributed by atoms with E-state index in [1.807, 2.05) is 44.2 Å². The number of aryl methyl sites for hydroxylation is 2. The maximum absolute atomic E-state index is 13.1. The zero-order valence-electron chi connectivity index (χ0n) is 22.3. The van der Waals surface area contributed by atoms with E-state index in [2.05, 4.69) is 9.98 Å². The molecule has 0 aliphatic carbocycles. The van der Waals surface area contributed by atoms with Gasteiger partial charge in [0.1, 0.15) is 17.9 Å². The number of nitrogens with zero attached hydrogens (tertiary/aromatic N) is 3. The molecule has 0 amide bonds. The van der Waals surface area contributed by atoms with E-state index < -0.39 is 0 Å². The van der Waals surface area contributed by atoms with E-state index in [-0.39, 0.29) is 18.6 Å². The molecular formula is C29H35N5O4. The molecule has 3 N–H and O–H groups in total. The van der Waals surface area contributed by atoms with Crippen molar-refractivity contribution in [2.45, 2.75) is 19.9 Å². The molecule has 0 bridgehead atoms. The Kier molecular flexibility index (Phi) is 7.97. The molecule has 4 aromatic rings. The molecule has 0 spiro atoms. The summed E-state index contributed by atoms with van der Waals surface area (Å²) in [5.41, 5.74) is 10.4. The largest absolute Gasteiger partial charge is 0.491 e. The summed E-state index contributed by atoms with van der Waals surface area (Å²) in [6.45, 7) is 4.84. The van der Waals surface area contributed by atoms with Crippen LogP contribution in [0.15, 0.2) is 69.6 Å². The van der Waals surface area contributed by atoms with Crippen molar-refractivity contribution in [3.63, 3.8) is 0 Å². The van der Waals surface area contributed by atoms with Crippen molar-refractivity contribution >= 4 is 22.7 Å². The van der Waals surface area contributed by atoms with Crippen molar-refractivity contribution in [1.29, 1.82) is 0 Å². The first-order valence-corrected chi connectivity index (χ1v) is 12.3. The summed E-state index contributed by atoms with van der Waals surface area (Å²) in [5.74, 6) is 0.691. The van der Waals surface area contributed by atoms with Crippen LogP contribution in [0.5, 0.6) is 5.75 Å². The molecule has 0 aliphatic rings. The zero-order chi connectivity index (χ0) is 27.4. The van der Waals surface area contributed by atoms with Crippen LogP contribution in [-0.2, 0) is 18.8 Å². The van der Waals surface area contributed by atoms with E-state index in [0.717, 1.165) is 16.7 Å². The van der Waals surface area contributed by atoms with E-state index in [1.54, 1.807) is 45.9 Å². The summed E-state index contributed by atoms with van der Waals surface area (Å²) in [5, 5.41) is 0.683. The molecule has 9 heteroatoms. The predicted octanol–water partition coefficient (Wildman–Crippen LogP) is 3.95. The highest BCUT2D eigenvalue weighted by atomic mass is 16.5. The second kappa shape index (κ2) is 11.4. The van der Waals surface area contributed by atoms with Gasteiger partial charge in [-0.25, -0.2) is 0 Å². The number of fused-ring (bicyclic) bond motifs is 1. The summed E-state index contributed by atoms with van der Waals surface area (Å²) in [6.07, 6.45) is 6.71. The summed E-state index contributed by atoms with van der Waals surface area (Å²) in [6, 6.07) is 11.2. The van der Waals surface area contributed by atoms with Gasteiger partial charge in [-0.05, 0) is 43.2 Å². The fourth-order valence-corrected chi connectivity index (χ4v) is 4.21. The minimum Gasteiger partial charge on any atom is -0.491 e. The van der Waals surface area contributed by atoms with Gasteiger partial charge in [0, 0.05) is 87.3 Å². The molecule has 38 heavy (non-hydrogen) atoms. The van der Waals surface area contributed by atoms with Crippen LogP contribution in [0.2, 0.25) is 0 Å². The molecule has 4 rings (SSSR count). The Bertz CT molecular complexity index is 1650. The first kappa shape index (κ1) is 26.7. The molecule has 0 saturated heterocycles. The van der Waals surface area contributed by atoms with Crippen LogP contribution >= 0.6 is 0 Å². The van der Waals surface area contributed by atoms with Gasteiger partial charge in [-0.15, -0.1) is 0 Å². The SMILES string of the molecule is COCCOc1cccc(-c2cn(C)c(=O)cc2-c2cn(C)c(=O)c3[nH]c(/C(C=NC(C)C)=C/N)cc23)c1.[HH]. The number of aromatic amines is 1. The third-order valence-corrected chi connectivity index (χ3v) is 6.19. The lowest BCUT2D eigenvalue weighted by molar-refractivity contribution is 0.146. The van der Waals surface area contributed by atoms with Crippen LogP contribution in [0, 0.1) is 0 Å². The standard InChI is InChI=1S/C29H33N5O4.H2/c1-18(2)31-15-20(14-30)26-12-23-25(17-34(4)29(36)28(23)32-26)22-13-27(35)33(3)16-24(22)19-7-6-8-21(11-19)38-10-9-37-5;/h6-8,11-18,32H,9-10,30H2,1-5H3;1H/b20-14+,31-15?;. The number of nitrogens with two attached hydrogens (primary N) is 1. The average Bonchev–Trinajstić information content (AvgIpc) is 3.34. The molecule has 0 atom stereocenters. The van der Waals surface area contributed by atoms with Gasteiger partial charge in [-0.1, -0.05) is 12.1 Å². The van der Waals surface area contributed by atoms with Gasteiger partial charge in [0.2, 0.25) is 0 Å². The number of hydrogen-bond donors (Lipinski definition) is 2. The molecule has 9 nitrogen and oxygen atoms in total. The summed E-state index contributed by atoms with van der Waals surface area (Å²) in [4.78, 5) is 33.6. The van der Waals surface area contributed by atoms with E-state index in [4.69, 9.17) is 15.2 Å². The Labute approximate surface area is 222 Å². The lowest BCUT2D eigenvalue weighted by Crippen LogP contribution is -2.18. The van der Waals surface area contributed by atoms with Gasteiger partial charge in [-0.2, -0.15) is 0 Å². The number of benzene rings is 1. The minimum absolute atomic E-state index is 0. The lowest BCUT2D eigenvalue weighted by atomic mass is 9.95. The van der Waals surface area contributed by atoms with E-state index >= 15 is 0 Å². The number of methoxy groups -OCH3 is 1. The number of ether oxygens (including phenoxy) is 2. The second-order valence-electron chi connectivity index (χ2n) is 9.34. The van der Waals surface area contributed by atoms with Crippen molar-refractivity contribution in [2.24, 2.45) is 24.8 Å². The number of H-pyrrole nitrogens is 1. The van der Waals surface area contributed by atoms with Gasteiger partial charge < -0.3 is 29.3 Å². The molecule has 200 valence electrons. The molecule has 0 fully saturated rings. The van der Waals surface area contributed by atoms with Crippen molar-refractivity contribution < 1.29 is 10.9 Å². The highest BCUT2D eigenvalue weighted by molar-refractivity contribution is 6.11. The van der Waals surface area contributed by atoms with Crippen molar-refractivity contribution in [2.75, 3.05) is 20.3 Å². The maximum atomic E-state index is 13.1. The van der Waals surface area contributed by atoms with Gasteiger partial charge in [0.25, 0.3) is 11.1 Å². The third-order valence-electron chi connectivity index (χ3n) is 6.19. The quantitative estimate of drug-likeness (QED) is 0.258. The lowest BCUT2D eigenvalue weighted by Gasteiger charge is -2.15. The fourth-order valence-electron chi connectivity index (χ4n) is 4.21. The monoisotopic (exact) mass is 517 g/mol. The zero-order valence-corrected chi connectivity index (χ0v) is 22.3. The summed E-state index contributed by atoms with van der Waals surface area (Å²) in [7, 11) is 5.03. The highest BCUT2D eigenvalue weighted by Crippen LogP contribution is 2.36. The van der Waals surface area contributed by atoms with Gasteiger partial charge in [0.15, 0.2) is 0 Å². The normalized spacial score (nSPS) is 12.2. The van der Waals surface area contributed by atoms with Crippen LogP contribution in [0.4, 0.5) is 0 Å². The number of aromatic nitrogens is 3. The summed E-state index contributed by atoms with van der Waals surface area (Å²) < 4.78 is 14.0. The van der Waals surface area contributed by atoms with E-state index in [0.29, 0.717) is 46.7 Å². The molecule has 0 radical (unpaired) electrons. The van der Waals surface area contributed by atoms with Crippen LogP contribution in [0.25, 0.3) is 38.7 Å². The summed E-state index contributed by atoms with van der Waals surface area (Å²) >= 11 is 0. The van der Waals surface area contributed by atoms with Crippen molar-refractivity contribution in [3.05, 3.63) is 81.4 Å². The molecule has 3 aromatic heterocycles. The van der Waals surface area contributed by atoms with Crippen LogP contribution in [0.1, 0.15) is 21.0 Å². The minimum atomic E-state index is -0.189. The number of hydrogen-bond acceptors (Lipinski definition) is 6. The molecule has 1 aromatic carbocycles. The van der Waals surface area contributed by atoms with Gasteiger partial charge in [0.05, 0.1) is 6.61 Å². The Hall–Kier alpha value is -4.37. The van der Waals surface area contributed by atoms with Gasteiger partial charge in [-0.3, -0.25) is 14.6 Å². The van der Waals surface area contributed by atoms with Crippen LogP contribution < -0.4 is 21.6 Å². The Morgan fingerprint density at radius 3 is 2.55 bits per heavy atom. The first-order chi connectivity index (χ1) is 18.2. The third kappa shape index (κ3) is 5.47. The fraction of sp³-hybridized carbons (Fsp3) is 0.276. The second-order valence-corrected chi connectivity index (χ2v) is 9.34. The number of rotatable bonds is 9. The molecule has 3 heterocycles. The van der Waals surface area contributed by atoms with Gasteiger partial charge >= 0.3 is 0 Å². The van der Waals surface area contributed by atoms with Crippen LogP contribution in [-0.4, -0.2) is 46.7 Å². The molecule has 0 unspecified atom stereocenters. The average molecular weight is 518 g/mol. The topological polar surface area (TPSA) is 117 Å². The number of pyridine rings is 2. The maximum Gasteiger partial charge on any atom is 0.274 e. The molecule has 0 saturated carbocycles. The molecule has 0 aliphatic heterocycles. The Morgan fingerprint density at radius 1 is 1.08 bits per heavy atom. The van der Waals surface area contributed by atoms with Crippen molar-refractivity contribution in [1.82, 2.24) is 14.1 Å². The van der Waals surface area contributed by atoms with E-state index in [9.17, 15) is 9.59 Å². The highest BCUT2D eigenvalue weighted by Gasteiger charge is 2.18.